The molecule has 0 saturated heterocycles. The Labute approximate surface area is 149 Å². The monoisotopic (exact) mass is 342 g/mol. The Hall–Kier alpha value is -2.30. The van der Waals surface area contributed by atoms with Crippen molar-refractivity contribution < 1.29 is 14.3 Å². The summed E-state index contributed by atoms with van der Waals surface area (Å²) in [5.41, 5.74) is 2.10. The van der Waals surface area contributed by atoms with Gasteiger partial charge in [0.1, 0.15) is 12.3 Å². The fourth-order valence-corrected chi connectivity index (χ4v) is 3.39. The van der Waals surface area contributed by atoms with Crippen LogP contribution in [-0.4, -0.2) is 31.0 Å². The van der Waals surface area contributed by atoms with Crippen molar-refractivity contribution in [2.24, 2.45) is 0 Å². The van der Waals surface area contributed by atoms with Gasteiger partial charge in [-0.2, -0.15) is 0 Å². The number of hydrogen-bond acceptors (Lipinski definition) is 3. The molecule has 0 bridgehead atoms. The first kappa shape index (κ1) is 17.5. The minimum atomic E-state index is -0.518. The lowest BCUT2D eigenvalue weighted by Gasteiger charge is -2.33. The lowest BCUT2D eigenvalue weighted by Crippen LogP contribution is -2.49. The van der Waals surface area contributed by atoms with Crippen molar-refractivity contribution in [1.29, 1.82) is 0 Å². The van der Waals surface area contributed by atoms with Gasteiger partial charge in [-0.3, -0.25) is 14.5 Å². The first-order valence-corrected chi connectivity index (χ1v) is 9.20. The maximum atomic E-state index is 12.6. The fourth-order valence-electron chi connectivity index (χ4n) is 3.39. The van der Waals surface area contributed by atoms with E-state index in [-0.39, 0.29) is 18.4 Å². The number of carbonyl (C=O) groups is 2. The number of nitrogens with zero attached hydrogens (tertiary/aromatic N) is 1. The highest BCUT2D eigenvalue weighted by Crippen LogP contribution is 2.34. The molecule has 1 heterocycles. The van der Waals surface area contributed by atoms with Gasteiger partial charge >= 0.3 is 0 Å². The molecule has 0 fully saturated rings. The molecule has 2 aliphatic rings. The van der Waals surface area contributed by atoms with Crippen molar-refractivity contribution in [1.82, 2.24) is 5.32 Å². The van der Waals surface area contributed by atoms with Gasteiger partial charge in [0, 0.05) is 6.54 Å². The van der Waals surface area contributed by atoms with E-state index in [9.17, 15) is 9.59 Å². The third kappa shape index (κ3) is 4.21. The van der Waals surface area contributed by atoms with Crippen molar-refractivity contribution >= 4 is 17.5 Å². The Morgan fingerprint density at radius 2 is 2.16 bits per heavy atom. The van der Waals surface area contributed by atoms with Crippen LogP contribution in [0, 0.1) is 0 Å². The van der Waals surface area contributed by atoms with Crippen LogP contribution in [0.3, 0.4) is 0 Å². The summed E-state index contributed by atoms with van der Waals surface area (Å²) in [6.45, 7) is 2.57. The van der Waals surface area contributed by atoms with Crippen LogP contribution >= 0.6 is 0 Å². The van der Waals surface area contributed by atoms with E-state index in [2.05, 4.69) is 11.4 Å². The molecule has 2 amide bonds. The summed E-state index contributed by atoms with van der Waals surface area (Å²) in [5, 5.41) is 2.95. The molecule has 0 aromatic heterocycles. The average Bonchev–Trinajstić information content (AvgIpc) is 2.64. The highest BCUT2D eigenvalue weighted by molar-refractivity contribution is 6.03. The lowest BCUT2D eigenvalue weighted by molar-refractivity contribution is -0.129. The quantitative estimate of drug-likeness (QED) is 0.808. The second-order valence-corrected chi connectivity index (χ2v) is 6.61. The van der Waals surface area contributed by atoms with Crippen LogP contribution in [0.2, 0.25) is 0 Å². The number of allylic oxidation sites excluding steroid dienone is 1. The van der Waals surface area contributed by atoms with Gasteiger partial charge in [0.15, 0.2) is 6.10 Å². The van der Waals surface area contributed by atoms with Crippen molar-refractivity contribution in [3.8, 4) is 5.75 Å². The van der Waals surface area contributed by atoms with Crippen LogP contribution in [0.5, 0.6) is 5.75 Å². The number of para-hydroxylation sites is 2. The minimum absolute atomic E-state index is 0.0365. The topological polar surface area (TPSA) is 58.6 Å². The predicted molar refractivity (Wildman–Crippen MR) is 97.7 cm³/mol. The van der Waals surface area contributed by atoms with Gasteiger partial charge in [0.2, 0.25) is 5.91 Å². The van der Waals surface area contributed by atoms with Crippen LogP contribution in [0.15, 0.2) is 35.9 Å². The molecule has 1 aliphatic carbocycles. The second-order valence-electron chi connectivity index (χ2n) is 6.61. The Bertz CT molecular complexity index is 669. The first-order chi connectivity index (χ1) is 12.2. The van der Waals surface area contributed by atoms with E-state index in [1.54, 1.807) is 4.90 Å². The largest absolute Gasteiger partial charge is 0.478 e. The normalized spacial score (nSPS) is 19.7. The maximum Gasteiger partial charge on any atom is 0.268 e. The molecule has 1 aromatic carbocycles. The Morgan fingerprint density at radius 1 is 1.32 bits per heavy atom. The molecule has 0 spiro atoms. The fraction of sp³-hybridized carbons (Fsp3) is 0.500. The van der Waals surface area contributed by atoms with Gasteiger partial charge in [-0.15, -0.1) is 0 Å². The molecule has 1 aromatic rings. The van der Waals surface area contributed by atoms with E-state index < -0.39 is 6.10 Å². The smallest absolute Gasteiger partial charge is 0.268 e. The molecule has 1 N–H and O–H groups in total. The van der Waals surface area contributed by atoms with Crippen molar-refractivity contribution in [2.45, 2.75) is 51.6 Å². The van der Waals surface area contributed by atoms with Crippen molar-refractivity contribution in [2.75, 3.05) is 18.0 Å². The van der Waals surface area contributed by atoms with Gasteiger partial charge in [-0.05, 0) is 50.7 Å². The molecular formula is C20H26N2O3. The summed E-state index contributed by atoms with van der Waals surface area (Å²) in [5.74, 6) is 0.386. The van der Waals surface area contributed by atoms with E-state index in [1.165, 1.54) is 18.4 Å². The molecule has 25 heavy (non-hydrogen) atoms. The number of hydrogen-bond donors (Lipinski definition) is 1. The number of carbonyl (C=O) groups excluding carboxylic acids is 2. The van der Waals surface area contributed by atoms with Crippen LogP contribution in [0.1, 0.15) is 45.4 Å². The Kier molecular flexibility index (Phi) is 5.74. The molecule has 5 nitrogen and oxygen atoms in total. The molecule has 0 saturated carbocycles. The van der Waals surface area contributed by atoms with Crippen molar-refractivity contribution in [3.05, 3.63) is 35.9 Å². The highest BCUT2D eigenvalue weighted by atomic mass is 16.5. The SMILES string of the molecule is CC[C@@H]1Oc2ccccc2N(CC(=O)NCCC2=CCCCC2)C1=O. The van der Waals surface area contributed by atoms with Gasteiger partial charge in [-0.1, -0.05) is 30.7 Å². The number of anilines is 1. The van der Waals surface area contributed by atoms with Crippen LogP contribution in [-0.2, 0) is 9.59 Å². The molecule has 0 radical (unpaired) electrons. The van der Waals surface area contributed by atoms with Crippen LogP contribution in [0.4, 0.5) is 5.69 Å². The molecule has 0 unspecified atom stereocenters. The third-order valence-corrected chi connectivity index (χ3v) is 4.79. The third-order valence-electron chi connectivity index (χ3n) is 4.79. The molecule has 134 valence electrons. The second kappa shape index (κ2) is 8.19. The molecule has 1 atom stereocenters. The van der Waals surface area contributed by atoms with E-state index in [1.807, 2.05) is 31.2 Å². The standard InChI is InChI=1S/C20H26N2O3/c1-2-17-20(24)22(16-10-6-7-11-18(16)25-17)14-19(23)21-13-12-15-8-4-3-5-9-15/h6-8,10-11,17H,2-5,9,12-14H2,1H3,(H,21,23)/t17-/m0/s1. The lowest BCUT2D eigenvalue weighted by atomic mass is 9.97. The van der Waals surface area contributed by atoms with Crippen molar-refractivity contribution in [3.63, 3.8) is 0 Å². The number of benzene rings is 1. The van der Waals surface area contributed by atoms with E-state index in [0.717, 1.165) is 19.3 Å². The van der Waals surface area contributed by atoms with E-state index >= 15 is 0 Å². The summed E-state index contributed by atoms with van der Waals surface area (Å²) < 4.78 is 5.74. The Balaban J connectivity index is 1.59. The van der Waals surface area contributed by atoms with E-state index in [0.29, 0.717) is 24.4 Å². The van der Waals surface area contributed by atoms with Gasteiger partial charge in [0.25, 0.3) is 5.91 Å². The summed E-state index contributed by atoms with van der Waals surface area (Å²) in [7, 11) is 0. The molecule has 1 aliphatic heterocycles. The summed E-state index contributed by atoms with van der Waals surface area (Å²) >= 11 is 0. The van der Waals surface area contributed by atoms with Gasteiger partial charge in [-0.25, -0.2) is 0 Å². The summed E-state index contributed by atoms with van der Waals surface area (Å²) in [6.07, 6.45) is 8.07. The zero-order valence-electron chi connectivity index (χ0n) is 14.8. The number of amides is 2. The first-order valence-electron chi connectivity index (χ1n) is 9.20. The van der Waals surface area contributed by atoms with Crippen LogP contribution in [0.25, 0.3) is 0 Å². The number of rotatable bonds is 6. The zero-order valence-corrected chi connectivity index (χ0v) is 14.8. The van der Waals surface area contributed by atoms with Gasteiger partial charge < -0.3 is 10.1 Å². The molecular weight excluding hydrogens is 316 g/mol. The summed E-state index contributed by atoms with van der Waals surface area (Å²) in [4.78, 5) is 26.5. The maximum absolute atomic E-state index is 12.6. The number of fused-ring (bicyclic) bond motifs is 1. The molecule has 5 heteroatoms. The zero-order chi connectivity index (χ0) is 17.6. The predicted octanol–water partition coefficient (Wildman–Crippen LogP) is 3.20. The molecule has 3 rings (SSSR count). The summed E-state index contributed by atoms with van der Waals surface area (Å²) in [6, 6.07) is 7.38. The highest BCUT2D eigenvalue weighted by Gasteiger charge is 2.34. The number of nitrogens with one attached hydrogen (secondary N) is 1. The van der Waals surface area contributed by atoms with Gasteiger partial charge in [0.05, 0.1) is 5.69 Å². The van der Waals surface area contributed by atoms with Crippen LogP contribution < -0.4 is 15.0 Å². The average molecular weight is 342 g/mol. The number of ether oxygens (including phenoxy) is 1. The minimum Gasteiger partial charge on any atom is -0.478 e. The Morgan fingerprint density at radius 3 is 2.92 bits per heavy atom. The van der Waals surface area contributed by atoms with E-state index in [4.69, 9.17) is 4.74 Å².